The molecule has 0 aliphatic rings. The lowest BCUT2D eigenvalue weighted by Crippen LogP contribution is -2.05. The number of aliphatic hydroxyl groups excluding tert-OH is 1. The van der Waals surface area contributed by atoms with Crippen molar-refractivity contribution in [1.82, 2.24) is 0 Å². The maximum atomic E-state index is 10.3. The lowest BCUT2D eigenvalue weighted by atomic mass is 10.4. The molecule has 0 unspecified atom stereocenters. The number of hydrogen-bond acceptors (Lipinski definition) is 7. The quantitative estimate of drug-likeness (QED) is 0.249. The Bertz CT molecular complexity index is 425. The van der Waals surface area contributed by atoms with Gasteiger partial charge in [0.25, 0.3) is 0 Å². The van der Waals surface area contributed by atoms with Crippen LogP contribution in [0.5, 0.6) is 0 Å². The van der Waals surface area contributed by atoms with Gasteiger partial charge in [0.2, 0.25) is 0 Å². The van der Waals surface area contributed by atoms with Crippen molar-refractivity contribution in [3.8, 4) is 0 Å². The first-order valence-electron chi connectivity index (χ1n) is 7.25. The highest BCUT2D eigenvalue weighted by Crippen LogP contribution is 1.88. The van der Waals surface area contributed by atoms with Gasteiger partial charge in [0.05, 0.1) is 20.3 Å². The van der Waals surface area contributed by atoms with E-state index in [0.29, 0.717) is 12.2 Å². The second kappa shape index (κ2) is 18.5. The van der Waals surface area contributed by atoms with Gasteiger partial charge in [-0.2, -0.15) is 0 Å². The van der Waals surface area contributed by atoms with Crippen LogP contribution in [0.3, 0.4) is 0 Å². The van der Waals surface area contributed by atoms with Crippen LogP contribution in [0, 0.1) is 0 Å². The third-order valence-electron chi connectivity index (χ3n) is 1.95. The van der Waals surface area contributed by atoms with Crippen molar-refractivity contribution >= 4 is 17.9 Å². The number of carbonyl (C=O) groups excluding carboxylic acids is 3. The number of rotatable bonds is 7. The fourth-order valence-electron chi connectivity index (χ4n) is 0.765. The lowest BCUT2D eigenvalue weighted by Gasteiger charge is -1.97. The molecule has 0 aromatic heterocycles. The van der Waals surface area contributed by atoms with Gasteiger partial charge < -0.3 is 19.3 Å². The van der Waals surface area contributed by atoms with Gasteiger partial charge in [-0.05, 0) is 26.8 Å². The van der Waals surface area contributed by atoms with Crippen LogP contribution in [-0.2, 0) is 28.6 Å². The van der Waals surface area contributed by atoms with E-state index in [9.17, 15) is 14.4 Å². The molecule has 0 aromatic rings. The van der Waals surface area contributed by atoms with Crippen molar-refractivity contribution in [2.45, 2.75) is 33.6 Å². The van der Waals surface area contributed by atoms with Crippen LogP contribution in [-0.4, -0.2) is 43.3 Å². The number of methoxy groups -OCH3 is 1. The van der Waals surface area contributed by atoms with Crippen molar-refractivity contribution < 1.29 is 33.7 Å². The first kappa shape index (κ1) is 26.3. The summed E-state index contributed by atoms with van der Waals surface area (Å²) in [6.45, 7) is 15.6. The number of ether oxygens (including phenoxy) is 3. The molecule has 7 heteroatoms. The average molecular weight is 344 g/mol. The smallest absolute Gasteiger partial charge is 0.372 e. The molecule has 0 rings (SSSR count). The van der Waals surface area contributed by atoms with E-state index in [4.69, 9.17) is 5.11 Å². The Morgan fingerprint density at radius 3 is 1.83 bits per heavy atom. The first-order valence-corrected chi connectivity index (χ1v) is 7.25. The van der Waals surface area contributed by atoms with Gasteiger partial charge in [-0.25, -0.2) is 14.4 Å². The van der Waals surface area contributed by atoms with E-state index >= 15 is 0 Å². The zero-order chi connectivity index (χ0) is 19.5. The molecular formula is C17H28O7. The van der Waals surface area contributed by atoms with Gasteiger partial charge in [0.15, 0.2) is 5.76 Å². The summed E-state index contributed by atoms with van der Waals surface area (Å²) in [6, 6.07) is 0. The molecule has 1 N–H and O–H groups in total. The molecule has 0 amide bonds. The second-order valence-electron chi connectivity index (χ2n) is 4.16. The molecule has 0 aliphatic heterocycles. The molecule has 7 nitrogen and oxygen atoms in total. The van der Waals surface area contributed by atoms with Gasteiger partial charge in [0, 0.05) is 11.6 Å². The minimum atomic E-state index is -0.757. The first-order chi connectivity index (χ1) is 11.2. The summed E-state index contributed by atoms with van der Waals surface area (Å²) < 4.78 is 13.3. The van der Waals surface area contributed by atoms with Crippen molar-refractivity contribution in [3.05, 3.63) is 37.1 Å². The Morgan fingerprint density at radius 2 is 1.62 bits per heavy atom. The number of hydrogen-bond donors (Lipinski definition) is 1. The van der Waals surface area contributed by atoms with Gasteiger partial charge in [-0.1, -0.05) is 26.5 Å². The number of esters is 3. The van der Waals surface area contributed by atoms with Crippen LogP contribution in [0.4, 0.5) is 0 Å². The van der Waals surface area contributed by atoms with Crippen LogP contribution in [0.25, 0.3) is 0 Å². The fourth-order valence-corrected chi connectivity index (χ4v) is 0.765. The maximum Gasteiger partial charge on any atom is 0.372 e. The largest absolute Gasteiger partial charge is 0.502 e. The van der Waals surface area contributed by atoms with E-state index in [2.05, 4.69) is 33.9 Å². The molecule has 0 saturated carbocycles. The molecule has 0 spiro atoms. The summed E-state index contributed by atoms with van der Waals surface area (Å²) >= 11 is 0. The van der Waals surface area contributed by atoms with E-state index in [1.165, 1.54) is 13.2 Å². The zero-order valence-electron chi connectivity index (χ0n) is 14.9. The van der Waals surface area contributed by atoms with Crippen LogP contribution in [0.1, 0.15) is 33.6 Å². The molecular weight excluding hydrogens is 316 g/mol. The van der Waals surface area contributed by atoms with Crippen molar-refractivity contribution in [2.75, 3.05) is 20.3 Å². The summed E-state index contributed by atoms with van der Waals surface area (Å²) in [5, 5.41) is 8.28. The zero-order valence-corrected chi connectivity index (χ0v) is 14.9. The van der Waals surface area contributed by atoms with E-state index < -0.39 is 11.7 Å². The van der Waals surface area contributed by atoms with E-state index in [-0.39, 0.29) is 18.5 Å². The van der Waals surface area contributed by atoms with Crippen LogP contribution in [0.2, 0.25) is 0 Å². The molecule has 0 aromatic carbocycles. The summed E-state index contributed by atoms with van der Waals surface area (Å²) in [7, 11) is 1.33. The molecule has 0 atom stereocenters. The minimum absolute atomic E-state index is 0.262. The maximum absolute atomic E-state index is 10.3. The Morgan fingerprint density at radius 1 is 1.08 bits per heavy atom. The summed E-state index contributed by atoms with van der Waals surface area (Å²) in [6.07, 6.45) is 3.15. The molecule has 0 fully saturated rings. The van der Waals surface area contributed by atoms with Crippen molar-refractivity contribution in [2.24, 2.45) is 0 Å². The third kappa shape index (κ3) is 21.7. The van der Waals surface area contributed by atoms with Gasteiger partial charge >= 0.3 is 17.9 Å². The standard InChI is InChI=1S/C7H12O2.C5H8O3.C5H8O2/c1-3-5-6-9-7(8)4-2;1-3-8-5(7)4(2)6;1-4(2)5(6)7-3/h4H,2-3,5-6H2,1H3;6H,2-3H2,1H3;1H2,2-3H3. The summed E-state index contributed by atoms with van der Waals surface area (Å²) in [4.78, 5) is 30.7. The Balaban J connectivity index is -0.000000278. The van der Waals surface area contributed by atoms with E-state index in [1.54, 1.807) is 13.8 Å². The molecule has 138 valence electrons. The second-order valence-corrected chi connectivity index (χ2v) is 4.16. The highest BCUT2D eigenvalue weighted by Gasteiger charge is 2.01. The van der Waals surface area contributed by atoms with Crippen LogP contribution < -0.4 is 0 Å². The Labute approximate surface area is 143 Å². The average Bonchev–Trinajstić information content (AvgIpc) is 2.55. The number of carbonyl (C=O) groups is 3. The van der Waals surface area contributed by atoms with Crippen molar-refractivity contribution in [3.63, 3.8) is 0 Å². The van der Waals surface area contributed by atoms with Crippen molar-refractivity contribution in [1.29, 1.82) is 0 Å². The predicted molar refractivity (Wildman–Crippen MR) is 91.3 cm³/mol. The monoisotopic (exact) mass is 344 g/mol. The topological polar surface area (TPSA) is 99.1 Å². The van der Waals surface area contributed by atoms with Gasteiger partial charge in [-0.3, -0.25) is 0 Å². The highest BCUT2D eigenvalue weighted by atomic mass is 16.5. The molecule has 0 heterocycles. The van der Waals surface area contributed by atoms with Gasteiger partial charge in [-0.15, -0.1) is 0 Å². The van der Waals surface area contributed by atoms with E-state index in [0.717, 1.165) is 12.8 Å². The van der Waals surface area contributed by atoms with Crippen LogP contribution in [0.15, 0.2) is 37.1 Å². The fraction of sp³-hybridized carbons (Fsp3) is 0.471. The molecule has 0 saturated heterocycles. The predicted octanol–water partition coefficient (Wildman–Crippen LogP) is 2.87. The summed E-state index contributed by atoms with van der Waals surface area (Å²) in [5.74, 6) is -1.98. The number of aliphatic hydroxyl groups is 1. The third-order valence-corrected chi connectivity index (χ3v) is 1.95. The molecule has 24 heavy (non-hydrogen) atoms. The van der Waals surface area contributed by atoms with E-state index in [1.807, 2.05) is 6.92 Å². The van der Waals surface area contributed by atoms with Gasteiger partial charge in [0.1, 0.15) is 0 Å². The normalized spacial score (nSPS) is 8.17. The number of unbranched alkanes of at least 4 members (excludes halogenated alkanes) is 1. The highest BCUT2D eigenvalue weighted by molar-refractivity contribution is 5.86. The molecule has 0 radical (unpaired) electrons. The Kier molecular flexibility index (Phi) is 20.3. The lowest BCUT2D eigenvalue weighted by molar-refractivity contribution is -0.141. The SMILES string of the molecule is C=C(C)C(=O)OC.C=C(O)C(=O)OCC.C=CC(=O)OCCCC. The Hall–Kier alpha value is -2.57. The minimum Gasteiger partial charge on any atom is -0.502 e. The summed E-state index contributed by atoms with van der Waals surface area (Å²) in [5.41, 5.74) is 0.433. The molecule has 0 bridgehead atoms. The van der Waals surface area contributed by atoms with Crippen LogP contribution >= 0.6 is 0 Å². The molecule has 0 aliphatic carbocycles.